The highest BCUT2D eigenvalue weighted by Gasteiger charge is 2.07. The number of amides is 3. The summed E-state index contributed by atoms with van der Waals surface area (Å²) in [5, 5.41) is 9.98. The normalized spacial score (nSPS) is 10.0. The van der Waals surface area contributed by atoms with Gasteiger partial charge >= 0.3 is 6.03 Å². The van der Waals surface area contributed by atoms with Gasteiger partial charge in [0, 0.05) is 18.0 Å². The molecule has 0 unspecified atom stereocenters. The van der Waals surface area contributed by atoms with Crippen molar-refractivity contribution in [2.45, 2.75) is 6.54 Å². The van der Waals surface area contributed by atoms with Crippen LogP contribution in [0.3, 0.4) is 0 Å². The Hall–Kier alpha value is -2.28. The number of nitrogens with one attached hydrogen (secondary N) is 3. The van der Waals surface area contributed by atoms with Crippen molar-refractivity contribution in [3.8, 4) is 0 Å². The van der Waals surface area contributed by atoms with E-state index < -0.39 is 0 Å². The summed E-state index contributed by atoms with van der Waals surface area (Å²) in [6, 6.07) is 6.85. The van der Waals surface area contributed by atoms with Crippen molar-refractivity contribution in [2.75, 3.05) is 13.1 Å². The molecule has 0 atom stereocenters. The molecule has 0 radical (unpaired) electrons. The summed E-state index contributed by atoms with van der Waals surface area (Å²) in [6.07, 6.45) is 1.44. The molecule has 3 amide bonds. The van der Waals surface area contributed by atoms with Crippen LogP contribution >= 0.6 is 11.3 Å². The first-order chi connectivity index (χ1) is 9.75. The zero-order valence-corrected chi connectivity index (χ0v) is 11.5. The van der Waals surface area contributed by atoms with Gasteiger partial charge in [-0.25, -0.2) is 4.79 Å². The largest absolute Gasteiger partial charge is 0.459 e. The van der Waals surface area contributed by atoms with Crippen LogP contribution in [-0.2, 0) is 6.54 Å². The molecule has 20 heavy (non-hydrogen) atoms. The fourth-order valence-corrected chi connectivity index (χ4v) is 2.13. The van der Waals surface area contributed by atoms with Crippen molar-refractivity contribution in [3.63, 3.8) is 0 Å². The number of carbonyl (C=O) groups excluding carboxylic acids is 2. The van der Waals surface area contributed by atoms with Crippen molar-refractivity contribution in [1.29, 1.82) is 0 Å². The van der Waals surface area contributed by atoms with E-state index in [2.05, 4.69) is 16.0 Å². The minimum atomic E-state index is -0.296. The molecule has 0 aliphatic rings. The third kappa shape index (κ3) is 4.43. The number of furan rings is 1. The summed E-state index contributed by atoms with van der Waals surface area (Å²) < 4.78 is 4.94. The molecule has 2 aromatic rings. The van der Waals surface area contributed by atoms with Crippen LogP contribution in [0.1, 0.15) is 15.4 Å². The molecular formula is C13H15N3O3S. The van der Waals surface area contributed by atoms with Crippen LogP contribution in [0.5, 0.6) is 0 Å². The average Bonchev–Trinajstić information content (AvgIpc) is 3.13. The Balaban J connectivity index is 1.56. The second-order valence-electron chi connectivity index (χ2n) is 3.92. The summed E-state index contributed by atoms with van der Waals surface area (Å²) in [5.74, 6) is -0.0389. The van der Waals surface area contributed by atoms with Gasteiger partial charge in [-0.15, -0.1) is 11.3 Å². The van der Waals surface area contributed by atoms with E-state index in [0.29, 0.717) is 19.6 Å². The first kappa shape index (κ1) is 14.1. The highest BCUT2D eigenvalue weighted by molar-refractivity contribution is 7.09. The second-order valence-corrected chi connectivity index (χ2v) is 4.95. The summed E-state index contributed by atoms with van der Waals surface area (Å²) in [5.41, 5.74) is 0. The van der Waals surface area contributed by atoms with Gasteiger partial charge in [-0.05, 0) is 23.6 Å². The number of carbonyl (C=O) groups is 2. The quantitative estimate of drug-likeness (QED) is 0.707. The van der Waals surface area contributed by atoms with Gasteiger partial charge in [0.05, 0.1) is 12.8 Å². The van der Waals surface area contributed by atoms with E-state index in [0.717, 1.165) is 4.88 Å². The van der Waals surface area contributed by atoms with E-state index in [9.17, 15) is 9.59 Å². The molecule has 0 spiro atoms. The molecule has 0 saturated heterocycles. The van der Waals surface area contributed by atoms with Crippen LogP contribution in [0.2, 0.25) is 0 Å². The summed E-state index contributed by atoms with van der Waals surface area (Å²) in [6.45, 7) is 1.19. The Morgan fingerprint density at radius 2 is 1.95 bits per heavy atom. The number of urea groups is 1. The van der Waals surface area contributed by atoms with E-state index in [4.69, 9.17) is 4.42 Å². The van der Waals surface area contributed by atoms with Crippen LogP contribution in [0.15, 0.2) is 40.3 Å². The Bertz CT molecular complexity index is 537. The molecule has 106 valence electrons. The fourth-order valence-electron chi connectivity index (χ4n) is 1.49. The Labute approximate surface area is 120 Å². The van der Waals surface area contributed by atoms with Gasteiger partial charge in [-0.3, -0.25) is 4.79 Å². The highest BCUT2D eigenvalue weighted by atomic mass is 32.1. The van der Waals surface area contributed by atoms with Crippen molar-refractivity contribution in [1.82, 2.24) is 16.0 Å². The summed E-state index contributed by atoms with van der Waals surface area (Å²) in [4.78, 5) is 24.1. The summed E-state index contributed by atoms with van der Waals surface area (Å²) >= 11 is 1.59. The number of rotatable bonds is 6. The molecule has 3 N–H and O–H groups in total. The van der Waals surface area contributed by atoms with Crippen molar-refractivity contribution in [3.05, 3.63) is 46.5 Å². The number of thiophene rings is 1. The molecule has 2 aromatic heterocycles. The molecule has 0 aliphatic heterocycles. The minimum absolute atomic E-state index is 0.257. The lowest BCUT2D eigenvalue weighted by Crippen LogP contribution is -2.39. The molecule has 7 heteroatoms. The maximum atomic E-state index is 11.5. The van der Waals surface area contributed by atoms with Crippen molar-refractivity contribution in [2.24, 2.45) is 0 Å². The predicted molar refractivity (Wildman–Crippen MR) is 75.6 cm³/mol. The zero-order valence-electron chi connectivity index (χ0n) is 10.7. The Kier molecular flexibility index (Phi) is 5.19. The van der Waals surface area contributed by atoms with Crippen LogP contribution in [0.25, 0.3) is 0 Å². The molecule has 2 rings (SSSR count). The zero-order chi connectivity index (χ0) is 14.2. The standard InChI is InChI=1S/C13H15N3O3S/c17-12(11-4-1-7-19-11)14-5-6-15-13(18)16-9-10-3-2-8-20-10/h1-4,7-8H,5-6,9H2,(H,14,17)(H2,15,16,18). The molecular weight excluding hydrogens is 278 g/mol. The van der Waals surface area contributed by atoms with Crippen LogP contribution < -0.4 is 16.0 Å². The number of hydrogen-bond acceptors (Lipinski definition) is 4. The van der Waals surface area contributed by atoms with Gasteiger partial charge in [-0.2, -0.15) is 0 Å². The Morgan fingerprint density at radius 3 is 2.65 bits per heavy atom. The molecule has 0 aliphatic carbocycles. The van der Waals surface area contributed by atoms with E-state index in [1.54, 1.807) is 23.5 Å². The van der Waals surface area contributed by atoms with Crippen LogP contribution in [-0.4, -0.2) is 25.0 Å². The highest BCUT2D eigenvalue weighted by Crippen LogP contribution is 2.06. The smallest absolute Gasteiger partial charge is 0.315 e. The summed E-state index contributed by atoms with van der Waals surface area (Å²) in [7, 11) is 0. The molecule has 6 nitrogen and oxygen atoms in total. The van der Waals surface area contributed by atoms with Gasteiger partial charge in [0.25, 0.3) is 5.91 Å². The molecule has 0 aromatic carbocycles. The molecule has 0 bridgehead atoms. The van der Waals surface area contributed by atoms with E-state index in [-0.39, 0.29) is 17.7 Å². The predicted octanol–water partition coefficient (Wildman–Crippen LogP) is 1.57. The van der Waals surface area contributed by atoms with Gasteiger partial charge < -0.3 is 20.4 Å². The Morgan fingerprint density at radius 1 is 1.10 bits per heavy atom. The fraction of sp³-hybridized carbons (Fsp3) is 0.231. The van der Waals surface area contributed by atoms with E-state index in [1.807, 2.05) is 17.5 Å². The monoisotopic (exact) mass is 293 g/mol. The number of hydrogen-bond donors (Lipinski definition) is 3. The average molecular weight is 293 g/mol. The SMILES string of the molecule is O=C(NCCNC(=O)c1ccco1)NCc1cccs1. The molecule has 0 fully saturated rings. The maximum Gasteiger partial charge on any atom is 0.315 e. The van der Waals surface area contributed by atoms with Crippen LogP contribution in [0, 0.1) is 0 Å². The first-order valence-electron chi connectivity index (χ1n) is 6.11. The minimum Gasteiger partial charge on any atom is -0.459 e. The van der Waals surface area contributed by atoms with Gasteiger partial charge in [0.2, 0.25) is 0 Å². The maximum absolute atomic E-state index is 11.5. The molecule has 0 saturated carbocycles. The van der Waals surface area contributed by atoms with Crippen molar-refractivity contribution >= 4 is 23.3 Å². The second kappa shape index (κ2) is 7.34. The van der Waals surface area contributed by atoms with Crippen LogP contribution in [0.4, 0.5) is 4.79 Å². The third-order valence-corrected chi connectivity index (χ3v) is 3.32. The first-order valence-corrected chi connectivity index (χ1v) is 6.99. The lowest BCUT2D eigenvalue weighted by atomic mass is 10.4. The van der Waals surface area contributed by atoms with Gasteiger partial charge in [0.1, 0.15) is 0 Å². The third-order valence-electron chi connectivity index (χ3n) is 2.44. The lowest BCUT2D eigenvalue weighted by molar-refractivity contribution is 0.0926. The van der Waals surface area contributed by atoms with Crippen molar-refractivity contribution < 1.29 is 14.0 Å². The van der Waals surface area contributed by atoms with E-state index >= 15 is 0 Å². The molecule has 2 heterocycles. The van der Waals surface area contributed by atoms with Gasteiger partial charge in [0.15, 0.2) is 5.76 Å². The van der Waals surface area contributed by atoms with E-state index in [1.165, 1.54) is 6.26 Å². The lowest BCUT2D eigenvalue weighted by Gasteiger charge is -2.07. The van der Waals surface area contributed by atoms with Gasteiger partial charge in [-0.1, -0.05) is 6.07 Å². The topological polar surface area (TPSA) is 83.4 Å².